The fourth-order valence-electron chi connectivity index (χ4n) is 3.04. The van der Waals surface area contributed by atoms with Crippen LogP contribution in [0.5, 0.6) is 11.8 Å². The first-order valence-electron chi connectivity index (χ1n) is 7.97. The highest BCUT2D eigenvalue weighted by Gasteiger charge is 2.32. The van der Waals surface area contributed by atoms with Gasteiger partial charge >= 0.3 is 0 Å². The number of rotatable bonds is 4. The quantitative estimate of drug-likeness (QED) is 0.857. The lowest BCUT2D eigenvalue weighted by molar-refractivity contribution is 0.0597. The summed E-state index contributed by atoms with van der Waals surface area (Å²) >= 11 is 0. The number of amides is 1. The van der Waals surface area contributed by atoms with Gasteiger partial charge in [-0.25, -0.2) is 0 Å². The van der Waals surface area contributed by atoms with Crippen molar-refractivity contribution in [3.8, 4) is 11.8 Å². The fraction of sp³-hybridized carbons (Fsp3) is 0.471. The molecular weight excluding hydrogens is 310 g/mol. The van der Waals surface area contributed by atoms with E-state index in [1.54, 1.807) is 12.1 Å². The highest BCUT2D eigenvalue weighted by Crippen LogP contribution is 2.33. The Labute approximate surface area is 140 Å². The van der Waals surface area contributed by atoms with E-state index in [-0.39, 0.29) is 17.8 Å². The van der Waals surface area contributed by atoms with Crippen molar-refractivity contribution in [3.63, 3.8) is 0 Å². The van der Waals surface area contributed by atoms with Crippen molar-refractivity contribution in [1.82, 2.24) is 15.0 Å². The van der Waals surface area contributed by atoms with E-state index in [0.717, 1.165) is 30.7 Å². The lowest BCUT2D eigenvalue weighted by Gasteiger charge is -2.34. The van der Waals surface area contributed by atoms with Crippen molar-refractivity contribution in [3.05, 3.63) is 35.2 Å². The second-order valence-corrected chi connectivity index (χ2v) is 5.78. The number of carbonyl (C=O) groups excluding carboxylic acids is 1. The zero-order chi connectivity index (χ0) is 17.1. The predicted molar refractivity (Wildman–Crippen MR) is 86.2 cm³/mol. The van der Waals surface area contributed by atoms with Crippen LogP contribution in [-0.4, -0.2) is 41.7 Å². The Hall–Kier alpha value is -2.57. The van der Waals surface area contributed by atoms with Crippen molar-refractivity contribution in [1.29, 1.82) is 0 Å². The highest BCUT2D eigenvalue weighted by molar-refractivity contribution is 5.96. The summed E-state index contributed by atoms with van der Waals surface area (Å²) in [5, 5.41) is 4.10. The number of hydrogen-bond acceptors (Lipinski definition) is 6. The van der Waals surface area contributed by atoms with E-state index in [2.05, 4.69) is 10.1 Å². The van der Waals surface area contributed by atoms with E-state index in [9.17, 15) is 4.79 Å². The van der Waals surface area contributed by atoms with Crippen LogP contribution < -0.4 is 9.47 Å². The zero-order valence-electron chi connectivity index (χ0n) is 14.1. The Kier molecular flexibility index (Phi) is 4.69. The minimum Gasteiger partial charge on any atom is -0.481 e. The molecular formula is C17H21N3O4. The molecule has 1 saturated heterocycles. The molecule has 7 nitrogen and oxygen atoms in total. The monoisotopic (exact) mass is 331 g/mol. The Morgan fingerprint density at radius 2 is 2.12 bits per heavy atom. The molecule has 0 N–H and O–H groups in total. The maximum Gasteiger partial charge on any atom is 0.259 e. The van der Waals surface area contributed by atoms with Gasteiger partial charge in [0.2, 0.25) is 11.8 Å². The molecule has 24 heavy (non-hydrogen) atoms. The van der Waals surface area contributed by atoms with Crippen LogP contribution in [0.25, 0.3) is 0 Å². The first-order valence-corrected chi connectivity index (χ1v) is 7.97. The molecule has 0 aliphatic carbocycles. The van der Waals surface area contributed by atoms with Gasteiger partial charge in [0.1, 0.15) is 17.0 Å². The van der Waals surface area contributed by atoms with Crippen LogP contribution in [0.4, 0.5) is 0 Å². The molecule has 7 heteroatoms. The average Bonchev–Trinajstić information content (AvgIpc) is 3.06. The Morgan fingerprint density at radius 3 is 2.79 bits per heavy atom. The largest absolute Gasteiger partial charge is 0.481 e. The summed E-state index contributed by atoms with van der Waals surface area (Å²) in [6.45, 7) is 2.52. The van der Waals surface area contributed by atoms with Crippen molar-refractivity contribution in [2.45, 2.75) is 32.2 Å². The van der Waals surface area contributed by atoms with E-state index < -0.39 is 0 Å². The molecule has 1 aliphatic heterocycles. The molecule has 1 aliphatic rings. The van der Waals surface area contributed by atoms with Crippen LogP contribution in [0.3, 0.4) is 0 Å². The topological polar surface area (TPSA) is 77.7 Å². The van der Waals surface area contributed by atoms with Gasteiger partial charge in [0.15, 0.2) is 0 Å². The summed E-state index contributed by atoms with van der Waals surface area (Å²) in [6, 6.07) is 5.15. The van der Waals surface area contributed by atoms with Gasteiger partial charge in [-0.05, 0) is 32.3 Å². The van der Waals surface area contributed by atoms with E-state index in [4.69, 9.17) is 14.0 Å². The second kappa shape index (κ2) is 6.90. The van der Waals surface area contributed by atoms with E-state index in [1.165, 1.54) is 14.2 Å². The molecule has 1 atom stereocenters. The number of aromatic nitrogens is 2. The van der Waals surface area contributed by atoms with Crippen molar-refractivity contribution >= 4 is 5.91 Å². The van der Waals surface area contributed by atoms with E-state index in [1.807, 2.05) is 17.9 Å². The lowest BCUT2D eigenvalue weighted by Crippen LogP contribution is -2.38. The minimum absolute atomic E-state index is 0.0875. The number of ether oxygens (including phenoxy) is 2. The fourth-order valence-corrected chi connectivity index (χ4v) is 3.04. The van der Waals surface area contributed by atoms with Crippen LogP contribution in [0.15, 0.2) is 22.7 Å². The van der Waals surface area contributed by atoms with Crippen molar-refractivity contribution in [2.75, 3.05) is 20.8 Å². The first kappa shape index (κ1) is 16.3. The van der Waals surface area contributed by atoms with Gasteiger partial charge in [0.25, 0.3) is 5.91 Å². The minimum atomic E-state index is -0.118. The molecule has 0 unspecified atom stereocenters. The van der Waals surface area contributed by atoms with Crippen LogP contribution in [0.2, 0.25) is 0 Å². The van der Waals surface area contributed by atoms with E-state index in [0.29, 0.717) is 18.0 Å². The number of piperidine rings is 1. The molecule has 1 amide bonds. The molecule has 3 heterocycles. The molecule has 0 radical (unpaired) electrons. The van der Waals surface area contributed by atoms with Gasteiger partial charge in [-0.2, -0.15) is 4.98 Å². The average molecular weight is 331 g/mol. The van der Waals surface area contributed by atoms with Gasteiger partial charge in [-0.15, -0.1) is 0 Å². The molecule has 0 saturated carbocycles. The lowest BCUT2D eigenvalue weighted by atomic mass is 9.98. The third-order valence-corrected chi connectivity index (χ3v) is 4.22. The summed E-state index contributed by atoms with van der Waals surface area (Å²) in [4.78, 5) is 19.1. The molecule has 2 aromatic heterocycles. The Balaban J connectivity index is 1.92. The number of aryl methyl sites for hydroxylation is 1. The standard InChI is InChI=1S/C17H21N3O4/c1-11-10-13(19-24-11)14-6-4-5-9-20(14)17(21)12-7-8-15(22-2)18-16(12)23-3/h7-8,10,14H,4-6,9H2,1-3H3/t14-/m0/s1. The number of pyridine rings is 1. The van der Waals surface area contributed by atoms with Crippen LogP contribution in [0, 0.1) is 6.92 Å². The van der Waals surface area contributed by atoms with Crippen molar-refractivity contribution < 1.29 is 18.8 Å². The SMILES string of the molecule is COc1ccc(C(=O)N2CCCC[C@H]2c2cc(C)on2)c(OC)n1. The number of likely N-dealkylation sites (tertiary alicyclic amines) is 1. The van der Waals surface area contributed by atoms with Crippen LogP contribution >= 0.6 is 0 Å². The third kappa shape index (κ3) is 3.06. The third-order valence-electron chi connectivity index (χ3n) is 4.22. The molecule has 0 spiro atoms. The van der Waals surface area contributed by atoms with Gasteiger partial charge < -0.3 is 18.9 Å². The summed E-state index contributed by atoms with van der Waals surface area (Å²) < 4.78 is 15.5. The first-order chi connectivity index (χ1) is 11.6. The van der Waals surface area contributed by atoms with Crippen molar-refractivity contribution in [2.24, 2.45) is 0 Å². The molecule has 0 aromatic carbocycles. The number of nitrogens with zero attached hydrogens (tertiary/aromatic N) is 3. The number of hydrogen-bond donors (Lipinski definition) is 0. The number of carbonyl (C=O) groups is 1. The second-order valence-electron chi connectivity index (χ2n) is 5.78. The maximum absolute atomic E-state index is 13.1. The van der Waals surface area contributed by atoms with E-state index >= 15 is 0 Å². The Morgan fingerprint density at radius 1 is 1.29 bits per heavy atom. The smallest absolute Gasteiger partial charge is 0.259 e. The molecule has 2 aromatic rings. The molecule has 3 rings (SSSR count). The Bertz CT molecular complexity index is 728. The summed E-state index contributed by atoms with van der Waals surface area (Å²) in [5.74, 6) is 1.30. The van der Waals surface area contributed by atoms with Gasteiger partial charge in [-0.1, -0.05) is 5.16 Å². The number of methoxy groups -OCH3 is 2. The normalized spacial score (nSPS) is 17.6. The highest BCUT2D eigenvalue weighted by atomic mass is 16.5. The molecule has 128 valence electrons. The van der Waals surface area contributed by atoms with Crippen LogP contribution in [0.1, 0.15) is 47.1 Å². The van der Waals surface area contributed by atoms with Gasteiger partial charge in [0.05, 0.1) is 20.3 Å². The summed E-state index contributed by atoms with van der Waals surface area (Å²) in [7, 11) is 3.02. The maximum atomic E-state index is 13.1. The van der Waals surface area contributed by atoms with Gasteiger partial charge in [0, 0.05) is 18.7 Å². The molecule has 1 fully saturated rings. The zero-order valence-corrected chi connectivity index (χ0v) is 14.1. The van der Waals surface area contributed by atoms with Gasteiger partial charge in [-0.3, -0.25) is 4.79 Å². The predicted octanol–water partition coefficient (Wildman–Crippen LogP) is 2.76. The summed E-state index contributed by atoms with van der Waals surface area (Å²) in [5.41, 5.74) is 1.21. The molecule has 0 bridgehead atoms. The summed E-state index contributed by atoms with van der Waals surface area (Å²) in [6.07, 6.45) is 2.88. The van der Waals surface area contributed by atoms with Crippen LogP contribution in [-0.2, 0) is 0 Å².